The summed E-state index contributed by atoms with van der Waals surface area (Å²) in [4.78, 5) is 45.6. The Balaban J connectivity index is 1.22. The topological polar surface area (TPSA) is 245 Å². The summed E-state index contributed by atoms with van der Waals surface area (Å²) >= 11 is 0. The van der Waals surface area contributed by atoms with Crippen molar-refractivity contribution in [1.29, 1.82) is 0 Å². The number of aromatic amines is 2. The lowest BCUT2D eigenvalue weighted by atomic mass is 10.1. The third-order valence-electron chi connectivity index (χ3n) is 9.46. The maximum atomic E-state index is 13.5. The number of hydrogen-bond donors (Lipinski definition) is 3. The minimum atomic E-state index is -3.59. The van der Waals surface area contributed by atoms with Crippen molar-refractivity contribution in [3.05, 3.63) is 110 Å². The zero-order chi connectivity index (χ0) is 43.4. The molecule has 0 saturated carbocycles. The molecule has 0 fully saturated rings. The van der Waals surface area contributed by atoms with Crippen molar-refractivity contribution < 1.29 is 35.8 Å². The Hall–Kier alpha value is -6.41. The molecular formula is C40H46N8O10S2. The molecule has 0 spiro atoms. The van der Waals surface area contributed by atoms with Crippen LogP contribution in [0.4, 0.5) is 0 Å². The van der Waals surface area contributed by atoms with Crippen molar-refractivity contribution in [3.63, 3.8) is 0 Å². The number of methoxy groups -OCH3 is 2. The van der Waals surface area contributed by atoms with Gasteiger partial charge in [-0.05, 0) is 66.9 Å². The number of aromatic nitrogens is 6. The lowest BCUT2D eigenvalue weighted by Crippen LogP contribution is -2.28. The summed E-state index contributed by atoms with van der Waals surface area (Å²) in [5.74, 6) is 0.779. The molecule has 20 heteroatoms. The largest absolute Gasteiger partial charge is 0.493 e. The zero-order valence-corrected chi connectivity index (χ0v) is 35.5. The third kappa shape index (κ3) is 9.71. The Morgan fingerprint density at radius 2 is 1.30 bits per heavy atom. The molecule has 2 aromatic carbocycles. The number of benzene rings is 2. The van der Waals surface area contributed by atoms with Gasteiger partial charge in [0.15, 0.2) is 34.3 Å². The number of nitrogens with zero attached hydrogens (tertiary/aromatic N) is 5. The molecule has 0 unspecified atom stereocenters. The van der Waals surface area contributed by atoms with Crippen LogP contribution in [0.15, 0.2) is 81.7 Å². The first-order valence-electron chi connectivity index (χ1n) is 18.6. The van der Waals surface area contributed by atoms with Crippen LogP contribution in [0.5, 0.6) is 23.0 Å². The number of rotatable bonds is 18. The predicted octanol–water partition coefficient (Wildman–Crippen LogP) is 3.20. The number of nitrogens with two attached hydrogens (primary N) is 1. The van der Waals surface area contributed by atoms with Crippen LogP contribution in [0, 0.1) is 6.92 Å². The molecule has 4 N–H and O–H groups in total. The smallest absolute Gasteiger partial charge is 0.328 e. The predicted molar refractivity (Wildman–Crippen MR) is 229 cm³/mol. The Morgan fingerprint density at radius 3 is 1.80 bits per heavy atom. The van der Waals surface area contributed by atoms with E-state index < -0.39 is 43.1 Å². The van der Waals surface area contributed by atoms with Crippen LogP contribution >= 0.6 is 0 Å². The molecule has 4 heterocycles. The highest BCUT2D eigenvalue weighted by atomic mass is 32.2. The van der Waals surface area contributed by atoms with Crippen LogP contribution in [0.1, 0.15) is 41.3 Å². The highest BCUT2D eigenvalue weighted by Crippen LogP contribution is 2.34. The maximum Gasteiger partial charge on any atom is 0.328 e. The summed E-state index contributed by atoms with van der Waals surface area (Å²) in [5.41, 5.74) is 9.10. The first kappa shape index (κ1) is 43.2. The van der Waals surface area contributed by atoms with Crippen LogP contribution in [-0.2, 0) is 19.7 Å². The fraction of sp³-hybridized carbons (Fsp3) is 0.325. The molecule has 18 nitrogen and oxygen atoms in total. The van der Waals surface area contributed by atoms with Crippen LogP contribution in [0.2, 0.25) is 0 Å². The van der Waals surface area contributed by atoms with Gasteiger partial charge in [-0.3, -0.25) is 14.1 Å². The molecule has 0 amide bonds. The maximum absolute atomic E-state index is 13.5. The fourth-order valence-corrected chi connectivity index (χ4v) is 8.68. The van der Waals surface area contributed by atoms with E-state index in [9.17, 15) is 26.4 Å². The number of aliphatic imine (C=N–C) groups is 1. The molecule has 0 bridgehead atoms. The second-order valence-corrected chi connectivity index (χ2v) is 18.4. The first-order valence-corrected chi connectivity index (χ1v) is 22.7. The number of allylic oxidation sites excluding steroid dienone is 1. The van der Waals surface area contributed by atoms with E-state index >= 15 is 0 Å². The summed E-state index contributed by atoms with van der Waals surface area (Å²) in [6.07, 6.45) is 8.16. The fourth-order valence-electron chi connectivity index (χ4n) is 6.85. The lowest BCUT2D eigenvalue weighted by molar-refractivity contribution is 0.302. The van der Waals surface area contributed by atoms with Crippen molar-refractivity contribution in [2.45, 2.75) is 25.9 Å². The number of aryl methyl sites for hydroxylation is 1. The van der Waals surface area contributed by atoms with Gasteiger partial charge in [0.05, 0.1) is 62.0 Å². The van der Waals surface area contributed by atoms with Gasteiger partial charge >= 0.3 is 11.4 Å². The van der Waals surface area contributed by atoms with E-state index in [-0.39, 0.29) is 30.3 Å². The number of H-pyrrole nitrogens is 2. The number of nitrogens with one attached hydrogen (secondary N) is 2. The minimum Gasteiger partial charge on any atom is -0.493 e. The number of fused-ring (bicyclic) bond motifs is 2. The van der Waals surface area contributed by atoms with Crippen LogP contribution in [0.25, 0.3) is 27.9 Å². The van der Waals surface area contributed by atoms with Gasteiger partial charge < -0.3 is 34.6 Å². The van der Waals surface area contributed by atoms with E-state index in [0.29, 0.717) is 68.5 Å². The second kappa shape index (κ2) is 17.8. The molecular weight excluding hydrogens is 817 g/mol. The number of ether oxygens (including phenoxy) is 4. The van der Waals surface area contributed by atoms with E-state index in [1.807, 2.05) is 13.8 Å². The molecule has 0 radical (unpaired) electrons. The Morgan fingerprint density at radius 1 is 0.783 bits per heavy atom. The van der Waals surface area contributed by atoms with E-state index in [1.165, 1.54) is 42.0 Å². The molecule has 0 aliphatic rings. The summed E-state index contributed by atoms with van der Waals surface area (Å²) in [6, 6.07) is 11.5. The SMILES string of the molecule is CCOc1cc([C@@H](CS(C)(=O)=O)n2c(=O)[nH]c3cc(/C(C=NCCOc4cc([C@@H](CS(C)(=O)=O)n5c(=O)[nH]c6cc(C)cnc65)ccc4OC)=C/N)cnc32)ccc1OC. The Kier molecular flexibility index (Phi) is 12.8. The van der Waals surface area contributed by atoms with Gasteiger partial charge in [-0.25, -0.2) is 36.4 Å². The van der Waals surface area contributed by atoms with E-state index in [0.717, 1.165) is 18.1 Å². The van der Waals surface area contributed by atoms with Gasteiger partial charge in [-0.2, -0.15) is 0 Å². The summed E-state index contributed by atoms with van der Waals surface area (Å²) in [7, 11) is -4.20. The molecule has 6 aromatic rings. The van der Waals surface area contributed by atoms with Crippen LogP contribution in [0.3, 0.4) is 0 Å². The van der Waals surface area contributed by atoms with Crippen molar-refractivity contribution in [2.24, 2.45) is 10.7 Å². The normalized spacial score (nSPS) is 13.5. The van der Waals surface area contributed by atoms with E-state index in [2.05, 4.69) is 24.9 Å². The van der Waals surface area contributed by atoms with Gasteiger partial charge in [-0.15, -0.1) is 0 Å². The highest BCUT2D eigenvalue weighted by Gasteiger charge is 2.27. The molecule has 0 saturated heterocycles. The van der Waals surface area contributed by atoms with E-state index in [4.69, 9.17) is 24.7 Å². The first-order chi connectivity index (χ1) is 28.5. The molecule has 6 rings (SSSR count). The van der Waals surface area contributed by atoms with Crippen molar-refractivity contribution in [1.82, 2.24) is 29.1 Å². The number of sulfone groups is 2. The average molecular weight is 863 g/mol. The summed E-state index contributed by atoms with van der Waals surface area (Å²) in [5, 5.41) is 0. The van der Waals surface area contributed by atoms with Crippen molar-refractivity contribution in [2.75, 3.05) is 58.0 Å². The molecule has 4 aromatic heterocycles. The van der Waals surface area contributed by atoms with Gasteiger partial charge in [-0.1, -0.05) is 12.1 Å². The second-order valence-electron chi connectivity index (χ2n) is 14.1. The van der Waals surface area contributed by atoms with E-state index in [1.54, 1.807) is 54.7 Å². The lowest BCUT2D eigenvalue weighted by Gasteiger charge is -2.20. The third-order valence-corrected chi connectivity index (χ3v) is 11.3. The van der Waals surface area contributed by atoms with Crippen molar-refractivity contribution >= 4 is 53.8 Å². The van der Waals surface area contributed by atoms with Gasteiger partial charge in [0.1, 0.15) is 26.3 Å². The average Bonchev–Trinajstić information content (AvgIpc) is 3.70. The van der Waals surface area contributed by atoms with Crippen molar-refractivity contribution in [3.8, 4) is 23.0 Å². The summed E-state index contributed by atoms with van der Waals surface area (Å²) in [6.45, 7) is 4.22. The molecule has 318 valence electrons. The molecule has 0 aliphatic heterocycles. The number of imidazole rings is 2. The Bertz CT molecular complexity index is 2950. The van der Waals surface area contributed by atoms with Gasteiger partial charge in [0, 0.05) is 48.5 Å². The van der Waals surface area contributed by atoms with Crippen LogP contribution in [-0.4, -0.2) is 110 Å². The number of pyridine rings is 2. The highest BCUT2D eigenvalue weighted by molar-refractivity contribution is 7.90. The van der Waals surface area contributed by atoms with Gasteiger partial charge in [0.2, 0.25) is 0 Å². The monoisotopic (exact) mass is 862 g/mol. The Labute approximate surface area is 345 Å². The summed E-state index contributed by atoms with van der Waals surface area (Å²) < 4.78 is 75.8. The molecule has 60 heavy (non-hydrogen) atoms. The number of hydrogen-bond acceptors (Lipinski definition) is 14. The quantitative estimate of drug-likeness (QED) is 0.0832. The van der Waals surface area contributed by atoms with Gasteiger partial charge in [0.25, 0.3) is 0 Å². The minimum absolute atomic E-state index is 0.0737. The zero-order valence-electron chi connectivity index (χ0n) is 33.8. The van der Waals surface area contributed by atoms with Crippen LogP contribution < -0.4 is 36.1 Å². The standard InChI is InChI=1S/C40H46N8O10S2/c1-7-57-35-16-25(8-10-33(35)55-3)31(22-59(5,51)52)48-38-30(46-40(48)50)15-27(21-44-38)28(18-41)20-42-12-13-58-36-17-26(9-11-34(36)56-4)32(23-60(6,53)54)47-37-29(45-39(47)49)14-24(2)19-43-37/h8-11,14-21,31-32H,7,12-13,22-23,41H2,1-6H3,(H,45,49)(H,46,50)/b28-18+,42-20?/t31-,32-/m1/s1. The molecule has 0 aliphatic carbocycles. The molecule has 2 atom stereocenters.